The van der Waals surface area contributed by atoms with Crippen molar-refractivity contribution in [1.29, 1.82) is 0 Å². The number of anilines is 4. The lowest BCUT2D eigenvalue weighted by Gasteiger charge is -2.13. The van der Waals surface area contributed by atoms with Gasteiger partial charge in [0, 0.05) is 17.3 Å². The molecule has 150 valence electrons. The van der Waals surface area contributed by atoms with Gasteiger partial charge in [0.2, 0.25) is 5.95 Å². The van der Waals surface area contributed by atoms with Crippen molar-refractivity contribution in [3.63, 3.8) is 0 Å². The number of nitrogens with one attached hydrogen (secondary N) is 2. The van der Waals surface area contributed by atoms with Crippen LogP contribution in [0.15, 0.2) is 84.9 Å². The second-order valence-corrected chi connectivity index (χ2v) is 6.51. The molecule has 0 radical (unpaired) electrons. The lowest BCUT2D eigenvalue weighted by atomic mass is 10.1. The topological polar surface area (TPSA) is 68.3 Å². The summed E-state index contributed by atoms with van der Waals surface area (Å²) in [6.07, 6.45) is 0. The van der Waals surface area contributed by atoms with Crippen molar-refractivity contribution >= 4 is 23.1 Å². The van der Waals surface area contributed by atoms with E-state index < -0.39 is 0 Å². The summed E-state index contributed by atoms with van der Waals surface area (Å²) >= 11 is 0. The van der Waals surface area contributed by atoms with Crippen LogP contribution in [0.4, 0.5) is 23.1 Å². The maximum atomic E-state index is 5.43. The highest BCUT2D eigenvalue weighted by Gasteiger charge is 2.10. The van der Waals surface area contributed by atoms with E-state index in [1.54, 1.807) is 14.2 Å². The van der Waals surface area contributed by atoms with Crippen LogP contribution in [0.5, 0.6) is 11.5 Å². The minimum Gasteiger partial charge on any atom is -0.497 e. The first-order valence-electron chi connectivity index (χ1n) is 9.51. The molecule has 30 heavy (non-hydrogen) atoms. The first-order chi connectivity index (χ1) is 14.7. The van der Waals surface area contributed by atoms with Crippen LogP contribution in [0.25, 0.3) is 11.3 Å². The lowest BCUT2D eigenvalue weighted by molar-refractivity contribution is 0.415. The molecule has 1 aromatic heterocycles. The molecule has 0 bridgehead atoms. The standard InChI is InChI=1S/C24H22N4O2/c1-29-19-14-12-18(13-15-19)25-23-16-21(17-8-4-3-5-9-17)27-24(28-23)26-20-10-6-7-11-22(20)30-2/h3-16H,1-2H3,(H2,25,26,27,28). The molecule has 0 aliphatic heterocycles. The zero-order chi connectivity index (χ0) is 20.8. The van der Waals surface area contributed by atoms with Gasteiger partial charge in [0.15, 0.2) is 0 Å². The van der Waals surface area contributed by atoms with Gasteiger partial charge in [-0.2, -0.15) is 4.98 Å². The number of nitrogens with zero attached hydrogens (tertiary/aromatic N) is 2. The van der Waals surface area contributed by atoms with Gasteiger partial charge in [-0.1, -0.05) is 42.5 Å². The molecule has 4 aromatic rings. The molecule has 0 unspecified atom stereocenters. The van der Waals surface area contributed by atoms with E-state index in [1.165, 1.54) is 0 Å². The number of para-hydroxylation sites is 2. The number of hydrogen-bond donors (Lipinski definition) is 2. The van der Waals surface area contributed by atoms with Crippen LogP contribution in [0.3, 0.4) is 0 Å². The first-order valence-corrected chi connectivity index (χ1v) is 9.51. The third-order valence-corrected chi connectivity index (χ3v) is 4.51. The summed E-state index contributed by atoms with van der Waals surface area (Å²) in [7, 11) is 3.28. The minimum absolute atomic E-state index is 0.469. The summed E-state index contributed by atoms with van der Waals surface area (Å²) in [6, 6.07) is 27.3. The van der Waals surface area contributed by atoms with E-state index in [2.05, 4.69) is 15.6 Å². The van der Waals surface area contributed by atoms with Gasteiger partial charge >= 0.3 is 0 Å². The largest absolute Gasteiger partial charge is 0.497 e. The smallest absolute Gasteiger partial charge is 0.229 e. The Labute approximate surface area is 175 Å². The van der Waals surface area contributed by atoms with Crippen LogP contribution in [-0.4, -0.2) is 24.2 Å². The van der Waals surface area contributed by atoms with Crippen molar-refractivity contribution in [3.05, 3.63) is 84.9 Å². The van der Waals surface area contributed by atoms with Crippen LogP contribution >= 0.6 is 0 Å². The molecule has 0 fully saturated rings. The molecule has 0 saturated heterocycles. The van der Waals surface area contributed by atoms with E-state index in [9.17, 15) is 0 Å². The molecular weight excluding hydrogens is 376 g/mol. The monoisotopic (exact) mass is 398 g/mol. The molecule has 0 saturated carbocycles. The van der Waals surface area contributed by atoms with Gasteiger partial charge in [-0.15, -0.1) is 0 Å². The predicted octanol–water partition coefficient (Wildman–Crippen LogP) is 5.65. The van der Waals surface area contributed by atoms with E-state index in [-0.39, 0.29) is 0 Å². The number of aromatic nitrogens is 2. The number of rotatable bonds is 7. The summed E-state index contributed by atoms with van der Waals surface area (Å²) in [5.74, 6) is 2.66. The van der Waals surface area contributed by atoms with Gasteiger partial charge in [0.1, 0.15) is 17.3 Å². The summed E-state index contributed by atoms with van der Waals surface area (Å²) in [5, 5.41) is 6.61. The molecule has 0 spiro atoms. The Morgan fingerprint density at radius 2 is 1.43 bits per heavy atom. The van der Waals surface area contributed by atoms with Gasteiger partial charge in [-0.25, -0.2) is 4.98 Å². The van der Waals surface area contributed by atoms with Crippen molar-refractivity contribution in [2.75, 3.05) is 24.9 Å². The van der Waals surface area contributed by atoms with Crippen molar-refractivity contribution in [1.82, 2.24) is 9.97 Å². The van der Waals surface area contributed by atoms with Gasteiger partial charge in [-0.3, -0.25) is 0 Å². The predicted molar refractivity (Wildman–Crippen MR) is 120 cm³/mol. The molecule has 6 heteroatoms. The molecular formula is C24H22N4O2. The third kappa shape index (κ3) is 4.50. The molecule has 0 amide bonds. The number of hydrogen-bond acceptors (Lipinski definition) is 6. The van der Waals surface area contributed by atoms with Gasteiger partial charge in [0.25, 0.3) is 0 Å². The molecule has 4 rings (SSSR count). The van der Waals surface area contributed by atoms with Crippen molar-refractivity contribution < 1.29 is 9.47 Å². The van der Waals surface area contributed by atoms with E-state index in [4.69, 9.17) is 14.5 Å². The fraction of sp³-hybridized carbons (Fsp3) is 0.0833. The number of methoxy groups -OCH3 is 2. The number of ether oxygens (including phenoxy) is 2. The second-order valence-electron chi connectivity index (χ2n) is 6.51. The van der Waals surface area contributed by atoms with Gasteiger partial charge in [0.05, 0.1) is 25.6 Å². The van der Waals surface area contributed by atoms with E-state index >= 15 is 0 Å². The third-order valence-electron chi connectivity index (χ3n) is 4.51. The Hall–Kier alpha value is -4.06. The minimum atomic E-state index is 0.469. The molecule has 0 aliphatic rings. The van der Waals surface area contributed by atoms with Crippen molar-refractivity contribution in [2.24, 2.45) is 0 Å². The van der Waals surface area contributed by atoms with Gasteiger partial charge in [-0.05, 0) is 36.4 Å². The van der Waals surface area contributed by atoms with Crippen LogP contribution in [0.1, 0.15) is 0 Å². The maximum absolute atomic E-state index is 5.43. The maximum Gasteiger partial charge on any atom is 0.229 e. The van der Waals surface area contributed by atoms with E-state index in [0.29, 0.717) is 11.8 Å². The van der Waals surface area contributed by atoms with Crippen LogP contribution < -0.4 is 20.1 Å². The molecule has 3 aromatic carbocycles. The van der Waals surface area contributed by atoms with Crippen molar-refractivity contribution in [2.45, 2.75) is 0 Å². The Balaban J connectivity index is 1.70. The molecule has 2 N–H and O–H groups in total. The quantitative estimate of drug-likeness (QED) is 0.419. The first kappa shape index (κ1) is 19.3. The van der Waals surface area contributed by atoms with Crippen molar-refractivity contribution in [3.8, 4) is 22.8 Å². The van der Waals surface area contributed by atoms with E-state index in [0.717, 1.165) is 34.1 Å². The summed E-state index contributed by atoms with van der Waals surface area (Å²) in [4.78, 5) is 9.35. The normalized spacial score (nSPS) is 10.3. The zero-order valence-electron chi connectivity index (χ0n) is 16.8. The molecule has 1 heterocycles. The Morgan fingerprint density at radius 1 is 0.700 bits per heavy atom. The average Bonchev–Trinajstić information content (AvgIpc) is 2.80. The van der Waals surface area contributed by atoms with Crippen LogP contribution in [0.2, 0.25) is 0 Å². The highest BCUT2D eigenvalue weighted by molar-refractivity contribution is 5.70. The van der Waals surface area contributed by atoms with Crippen LogP contribution in [0, 0.1) is 0 Å². The molecule has 6 nitrogen and oxygen atoms in total. The Kier molecular flexibility index (Phi) is 5.75. The fourth-order valence-electron chi connectivity index (χ4n) is 3.01. The SMILES string of the molecule is COc1ccc(Nc2cc(-c3ccccc3)nc(Nc3ccccc3OC)n2)cc1. The zero-order valence-corrected chi connectivity index (χ0v) is 16.8. The highest BCUT2D eigenvalue weighted by atomic mass is 16.5. The Bertz CT molecular complexity index is 1120. The highest BCUT2D eigenvalue weighted by Crippen LogP contribution is 2.29. The van der Waals surface area contributed by atoms with Gasteiger partial charge < -0.3 is 20.1 Å². The summed E-state index contributed by atoms with van der Waals surface area (Å²) in [6.45, 7) is 0. The van der Waals surface area contributed by atoms with Crippen LogP contribution in [-0.2, 0) is 0 Å². The lowest BCUT2D eigenvalue weighted by Crippen LogP contribution is -2.03. The Morgan fingerprint density at radius 3 is 2.17 bits per heavy atom. The fourth-order valence-corrected chi connectivity index (χ4v) is 3.01. The van der Waals surface area contributed by atoms with E-state index in [1.807, 2.05) is 84.9 Å². The second kappa shape index (κ2) is 8.96. The summed E-state index contributed by atoms with van der Waals surface area (Å²) in [5.41, 5.74) is 3.50. The molecule has 0 aliphatic carbocycles. The number of benzene rings is 3. The molecule has 0 atom stereocenters. The average molecular weight is 398 g/mol. The summed E-state index contributed by atoms with van der Waals surface area (Å²) < 4.78 is 10.7.